The minimum atomic E-state index is -2.81. The monoisotopic (exact) mass is 213 g/mol. The van der Waals surface area contributed by atoms with Crippen molar-refractivity contribution < 1.29 is 13.3 Å². The Bertz CT molecular complexity index is 520. The van der Waals surface area contributed by atoms with Crippen LogP contribution in [0.3, 0.4) is 0 Å². The van der Waals surface area contributed by atoms with Gasteiger partial charge in [-0.2, -0.15) is 13.8 Å². The number of aromatic nitrogens is 3. The molecule has 0 radical (unpaired) electrons. The maximum absolute atomic E-state index is 12.1. The molecule has 78 valence electrons. The molecule has 0 spiro atoms. The molecule has 0 fully saturated rings. The average Bonchev–Trinajstić information content (AvgIpc) is 2.66. The lowest BCUT2D eigenvalue weighted by Crippen LogP contribution is -2.02. The van der Waals surface area contributed by atoms with Crippen LogP contribution < -0.4 is 5.56 Å². The van der Waals surface area contributed by atoms with E-state index in [2.05, 4.69) is 19.6 Å². The number of alkyl halides is 2. The van der Waals surface area contributed by atoms with Crippen molar-refractivity contribution in [2.75, 3.05) is 0 Å². The third kappa shape index (κ3) is 1.90. The van der Waals surface area contributed by atoms with Crippen molar-refractivity contribution in [3.8, 4) is 11.4 Å². The zero-order valence-electron chi connectivity index (χ0n) is 7.28. The van der Waals surface area contributed by atoms with E-state index in [1.54, 1.807) is 0 Å². The minimum Gasteiger partial charge on any atom is -0.333 e. The first kappa shape index (κ1) is 9.50. The fraction of sp³-hybridized carbons (Fsp3) is 0.125. The third-order valence-electron chi connectivity index (χ3n) is 1.66. The SMILES string of the molecule is O=c1cc(-c2noc(C(F)F)n2)cc[nH]1. The van der Waals surface area contributed by atoms with E-state index < -0.39 is 12.3 Å². The van der Waals surface area contributed by atoms with Crippen LogP contribution in [0.15, 0.2) is 27.6 Å². The highest BCUT2D eigenvalue weighted by molar-refractivity contribution is 5.52. The lowest BCUT2D eigenvalue weighted by atomic mass is 10.2. The molecule has 0 atom stereocenters. The van der Waals surface area contributed by atoms with E-state index in [-0.39, 0.29) is 11.4 Å². The van der Waals surface area contributed by atoms with Crippen molar-refractivity contribution in [2.24, 2.45) is 0 Å². The Balaban J connectivity index is 2.41. The van der Waals surface area contributed by atoms with Crippen LogP contribution in [0.1, 0.15) is 12.3 Å². The number of nitrogens with one attached hydrogen (secondary N) is 1. The molecule has 5 nitrogen and oxygen atoms in total. The Kier molecular flexibility index (Phi) is 2.28. The molecule has 0 aliphatic heterocycles. The standard InChI is InChI=1S/C8H5F2N3O2/c9-6(10)8-12-7(13-15-8)4-1-2-11-5(14)3-4/h1-3,6H,(H,11,14). The highest BCUT2D eigenvalue weighted by atomic mass is 19.3. The van der Waals surface area contributed by atoms with E-state index in [0.29, 0.717) is 5.56 Å². The van der Waals surface area contributed by atoms with E-state index in [4.69, 9.17) is 0 Å². The molecule has 0 bridgehead atoms. The summed E-state index contributed by atoms with van der Waals surface area (Å²) in [5.41, 5.74) is -0.0368. The molecule has 2 rings (SSSR count). The smallest absolute Gasteiger partial charge is 0.315 e. The Morgan fingerprint density at radius 2 is 2.27 bits per heavy atom. The Morgan fingerprint density at radius 3 is 2.87 bits per heavy atom. The summed E-state index contributed by atoms with van der Waals surface area (Å²) in [5.74, 6) is -0.790. The van der Waals surface area contributed by atoms with Gasteiger partial charge in [-0.05, 0) is 6.07 Å². The second-order valence-corrected chi connectivity index (χ2v) is 2.70. The summed E-state index contributed by atoms with van der Waals surface area (Å²) < 4.78 is 28.5. The predicted octanol–water partition coefficient (Wildman–Crippen LogP) is 1.36. The quantitative estimate of drug-likeness (QED) is 0.817. The number of nitrogens with zero attached hydrogens (tertiary/aromatic N) is 2. The molecule has 0 amide bonds. The molecular weight excluding hydrogens is 208 g/mol. The van der Waals surface area contributed by atoms with Crippen LogP contribution in [0.4, 0.5) is 8.78 Å². The summed E-state index contributed by atoms with van der Waals surface area (Å²) >= 11 is 0. The molecule has 7 heteroatoms. The number of rotatable bonds is 2. The summed E-state index contributed by atoms with van der Waals surface area (Å²) in [5, 5.41) is 3.33. The number of pyridine rings is 1. The summed E-state index contributed by atoms with van der Waals surface area (Å²) in [4.78, 5) is 16.7. The van der Waals surface area contributed by atoms with Crippen LogP contribution in [-0.2, 0) is 0 Å². The molecule has 2 aromatic rings. The lowest BCUT2D eigenvalue weighted by Gasteiger charge is -1.90. The fourth-order valence-electron chi connectivity index (χ4n) is 1.02. The van der Waals surface area contributed by atoms with Gasteiger partial charge in [0.1, 0.15) is 0 Å². The highest BCUT2D eigenvalue weighted by Gasteiger charge is 2.17. The molecule has 0 saturated carbocycles. The first-order valence-electron chi connectivity index (χ1n) is 3.97. The average molecular weight is 213 g/mol. The third-order valence-corrected chi connectivity index (χ3v) is 1.66. The Morgan fingerprint density at radius 1 is 1.47 bits per heavy atom. The summed E-state index contributed by atoms with van der Waals surface area (Å²) in [6.07, 6.45) is -1.44. The van der Waals surface area contributed by atoms with Gasteiger partial charge < -0.3 is 9.51 Å². The van der Waals surface area contributed by atoms with Gasteiger partial charge in [0, 0.05) is 17.8 Å². The van der Waals surface area contributed by atoms with Gasteiger partial charge in [0.05, 0.1) is 0 Å². The van der Waals surface area contributed by atoms with Crippen molar-refractivity contribution in [3.05, 3.63) is 34.6 Å². The van der Waals surface area contributed by atoms with Crippen molar-refractivity contribution in [2.45, 2.75) is 6.43 Å². The van der Waals surface area contributed by atoms with Gasteiger partial charge in [-0.3, -0.25) is 4.79 Å². The summed E-state index contributed by atoms with van der Waals surface area (Å²) in [6, 6.07) is 2.68. The second-order valence-electron chi connectivity index (χ2n) is 2.70. The minimum absolute atomic E-state index is 0.0311. The van der Waals surface area contributed by atoms with E-state index in [1.807, 2.05) is 0 Å². The van der Waals surface area contributed by atoms with Gasteiger partial charge in [-0.15, -0.1) is 0 Å². The topological polar surface area (TPSA) is 71.8 Å². The molecular formula is C8H5F2N3O2. The van der Waals surface area contributed by atoms with Crippen molar-refractivity contribution in [3.63, 3.8) is 0 Å². The molecule has 0 saturated heterocycles. The fourth-order valence-corrected chi connectivity index (χ4v) is 1.02. The van der Waals surface area contributed by atoms with Crippen LogP contribution >= 0.6 is 0 Å². The van der Waals surface area contributed by atoms with E-state index in [1.165, 1.54) is 18.3 Å². The highest BCUT2D eigenvalue weighted by Crippen LogP contribution is 2.19. The first-order chi connectivity index (χ1) is 7.16. The summed E-state index contributed by atoms with van der Waals surface area (Å²) in [7, 11) is 0. The Hall–Kier alpha value is -2.05. The van der Waals surface area contributed by atoms with Gasteiger partial charge in [-0.25, -0.2) is 0 Å². The number of hydrogen-bond acceptors (Lipinski definition) is 4. The predicted molar refractivity (Wildman–Crippen MR) is 45.3 cm³/mol. The van der Waals surface area contributed by atoms with Crippen molar-refractivity contribution in [1.82, 2.24) is 15.1 Å². The van der Waals surface area contributed by atoms with E-state index in [0.717, 1.165) is 0 Å². The van der Waals surface area contributed by atoms with Crippen LogP contribution in [0.25, 0.3) is 11.4 Å². The van der Waals surface area contributed by atoms with Gasteiger partial charge in [-0.1, -0.05) is 5.16 Å². The van der Waals surface area contributed by atoms with Crippen LogP contribution in [0.5, 0.6) is 0 Å². The molecule has 0 aliphatic carbocycles. The van der Waals surface area contributed by atoms with Crippen molar-refractivity contribution in [1.29, 1.82) is 0 Å². The largest absolute Gasteiger partial charge is 0.333 e. The summed E-state index contributed by atoms with van der Waals surface area (Å²) in [6.45, 7) is 0. The van der Waals surface area contributed by atoms with Crippen molar-refractivity contribution >= 4 is 0 Å². The second kappa shape index (κ2) is 3.60. The van der Waals surface area contributed by atoms with Gasteiger partial charge in [0.25, 0.3) is 5.89 Å². The molecule has 2 heterocycles. The molecule has 0 unspecified atom stereocenters. The normalized spacial score (nSPS) is 10.9. The van der Waals surface area contributed by atoms with Gasteiger partial charge in [0.2, 0.25) is 11.4 Å². The van der Waals surface area contributed by atoms with E-state index >= 15 is 0 Å². The van der Waals surface area contributed by atoms with Gasteiger partial charge in [0.15, 0.2) is 0 Å². The Labute approximate surface area is 81.8 Å². The maximum Gasteiger partial charge on any atom is 0.315 e. The molecule has 15 heavy (non-hydrogen) atoms. The number of H-pyrrole nitrogens is 1. The zero-order valence-corrected chi connectivity index (χ0v) is 7.28. The molecule has 1 N–H and O–H groups in total. The van der Waals surface area contributed by atoms with Crippen LogP contribution in [0.2, 0.25) is 0 Å². The zero-order chi connectivity index (χ0) is 10.8. The van der Waals surface area contributed by atoms with Crippen LogP contribution in [-0.4, -0.2) is 15.1 Å². The first-order valence-corrected chi connectivity index (χ1v) is 3.97. The number of halogens is 2. The van der Waals surface area contributed by atoms with E-state index in [9.17, 15) is 13.6 Å². The number of hydrogen-bond donors (Lipinski definition) is 1. The van der Waals surface area contributed by atoms with Crippen LogP contribution in [0, 0.1) is 0 Å². The van der Waals surface area contributed by atoms with Gasteiger partial charge >= 0.3 is 6.43 Å². The maximum atomic E-state index is 12.1. The lowest BCUT2D eigenvalue weighted by molar-refractivity contribution is 0.106. The molecule has 0 aromatic carbocycles. The molecule has 2 aromatic heterocycles. The molecule has 0 aliphatic rings. The number of aromatic amines is 1.